The summed E-state index contributed by atoms with van der Waals surface area (Å²) < 4.78 is 13.4. The third-order valence-electron chi connectivity index (χ3n) is 2.67. The fourth-order valence-corrected chi connectivity index (χ4v) is 2.00. The molecule has 0 saturated carbocycles. The van der Waals surface area contributed by atoms with Crippen LogP contribution in [0.1, 0.15) is 10.4 Å². The lowest BCUT2D eigenvalue weighted by molar-refractivity contribution is -0.384. The number of rotatable bonds is 3. The number of nitrogens with one attached hydrogen (secondary N) is 1. The summed E-state index contributed by atoms with van der Waals surface area (Å²) in [6, 6.07) is 7.33. The van der Waals surface area contributed by atoms with E-state index in [9.17, 15) is 19.3 Å². The van der Waals surface area contributed by atoms with E-state index in [2.05, 4.69) is 21.2 Å². The molecule has 2 aromatic rings. The van der Waals surface area contributed by atoms with Gasteiger partial charge in [-0.3, -0.25) is 14.9 Å². The van der Waals surface area contributed by atoms with E-state index >= 15 is 0 Å². The molecular weight excluding hydrogens is 345 g/mol. The van der Waals surface area contributed by atoms with Gasteiger partial charge in [-0.1, -0.05) is 0 Å². The van der Waals surface area contributed by atoms with Gasteiger partial charge < -0.3 is 11.1 Å². The van der Waals surface area contributed by atoms with Gasteiger partial charge in [0.1, 0.15) is 5.82 Å². The van der Waals surface area contributed by atoms with Crippen LogP contribution in [0.4, 0.5) is 21.5 Å². The molecule has 2 rings (SSSR count). The van der Waals surface area contributed by atoms with Crippen LogP contribution >= 0.6 is 15.9 Å². The van der Waals surface area contributed by atoms with Crippen LogP contribution in [0.15, 0.2) is 40.9 Å². The topological polar surface area (TPSA) is 98.3 Å². The van der Waals surface area contributed by atoms with Crippen molar-refractivity contribution in [2.75, 3.05) is 11.1 Å². The van der Waals surface area contributed by atoms with Crippen LogP contribution < -0.4 is 11.1 Å². The Hall–Kier alpha value is -2.48. The molecule has 0 aliphatic carbocycles. The number of non-ortho nitro benzene ring substituents is 1. The number of anilines is 2. The molecule has 0 atom stereocenters. The van der Waals surface area contributed by atoms with Crippen molar-refractivity contribution in [2.24, 2.45) is 0 Å². The molecule has 0 aromatic heterocycles. The van der Waals surface area contributed by atoms with E-state index in [0.717, 1.165) is 12.1 Å². The van der Waals surface area contributed by atoms with Gasteiger partial charge in [0.25, 0.3) is 11.6 Å². The number of hydrogen-bond acceptors (Lipinski definition) is 4. The summed E-state index contributed by atoms with van der Waals surface area (Å²) in [6.45, 7) is 0. The fraction of sp³-hybridized carbons (Fsp3) is 0. The highest BCUT2D eigenvalue weighted by Gasteiger charge is 2.15. The van der Waals surface area contributed by atoms with E-state index in [0.29, 0.717) is 4.47 Å². The maximum atomic E-state index is 12.9. The highest BCUT2D eigenvalue weighted by atomic mass is 79.9. The van der Waals surface area contributed by atoms with Gasteiger partial charge in [-0.25, -0.2) is 4.39 Å². The predicted molar refractivity (Wildman–Crippen MR) is 79.6 cm³/mol. The van der Waals surface area contributed by atoms with Gasteiger partial charge in [-0.15, -0.1) is 0 Å². The normalized spacial score (nSPS) is 10.2. The highest BCUT2D eigenvalue weighted by molar-refractivity contribution is 9.10. The Balaban J connectivity index is 2.31. The molecule has 0 fully saturated rings. The van der Waals surface area contributed by atoms with Crippen molar-refractivity contribution in [3.63, 3.8) is 0 Å². The van der Waals surface area contributed by atoms with Crippen molar-refractivity contribution in [1.82, 2.24) is 0 Å². The molecule has 0 spiro atoms. The number of carbonyl (C=O) groups excluding carboxylic acids is 1. The molecule has 8 heteroatoms. The smallest absolute Gasteiger partial charge is 0.271 e. The Labute approximate surface area is 127 Å². The third kappa shape index (κ3) is 3.34. The van der Waals surface area contributed by atoms with Crippen molar-refractivity contribution >= 4 is 38.9 Å². The first-order valence-corrected chi connectivity index (χ1v) is 6.48. The average molecular weight is 354 g/mol. The van der Waals surface area contributed by atoms with E-state index in [-0.39, 0.29) is 22.6 Å². The summed E-state index contributed by atoms with van der Waals surface area (Å²) in [6.07, 6.45) is 0. The first-order chi connectivity index (χ1) is 9.88. The number of amides is 1. The number of nitro benzene ring substituents is 1. The van der Waals surface area contributed by atoms with Crippen LogP contribution in [0.5, 0.6) is 0 Å². The second-order valence-corrected chi connectivity index (χ2v) is 4.96. The Morgan fingerprint density at radius 3 is 2.62 bits per heavy atom. The molecule has 108 valence electrons. The summed E-state index contributed by atoms with van der Waals surface area (Å²) in [5, 5.41) is 13.2. The minimum Gasteiger partial charge on any atom is -0.398 e. The molecule has 0 aliphatic heterocycles. The second-order valence-electron chi connectivity index (χ2n) is 4.11. The Bertz CT molecular complexity index is 737. The largest absolute Gasteiger partial charge is 0.398 e. The van der Waals surface area contributed by atoms with E-state index in [1.54, 1.807) is 0 Å². The predicted octanol–water partition coefficient (Wildman–Crippen LogP) is 3.33. The SMILES string of the molecule is Nc1cc(F)ccc1C(=O)Nc1cc([N+](=O)[O-])ccc1Br. The quantitative estimate of drug-likeness (QED) is 0.502. The Morgan fingerprint density at radius 1 is 1.29 bits per heavy atom. The molecule has 21 heavy (non-hydrogen) atoms. The van der Waals surface area contributed by atoms with E-state index in [4.69, 9.17) is 5.73 Å². The molecule has 0 saturated heterocycles. The van der Waals surface area contributed by atoms with Crippen LogP contribution in [-0.4, -0.2) is 10.8 Å². The number of nitrogen functional groups attached to an aromatic ring is 1. The van der Waals surface area contributed by atoms with Gasteiger partial charge in [0.15, 0.2) is 0 Å². The first-order valence-electron chi connectivity index (χ1n) is 5.69. The highest BCUT2D eigenvalue weighted by Crippen LogP contribution is 2.28. The summed E-state index contributed by atoms with van der Waals surface area (Å²) in [5.74, 6) is -1.14. The van der Waals surface area contributed by atoms with Gasteiger partial charge in [-0.05, 0) is 40.2 Å². The Morgan fingerprint density at radius 2 is 2.00 bits per heavy atom. The van der Waals surface area contributed by atoms with Crippen LogP contribution in [0, 0.1) is 15.9 Å². The molecule has 0 bridgehead atoms. The number of nitrogens with zero attached hydrogens (tertiary/aromatic N) is 1. The number of nitrogens with two attached hydrogens (primary N) is 1. The Kier molecular flexibility index (Phi) is 4.18. The zero-order valence-electron chi connectivity index (χ0n) is 10.5. The van der Waals surface area contributed by atoms with Crippen molar-refractivity contribution in [1.29, 1.82) is 0 Å². The molecule has 2 aromatic carbocycles. The van der Waals surface area contributed by atoms with Gasteiger partial charge in [-0.2, -0.15) is 0 Å². The summed E-state index contributed by atoms with van der Waals surface area (Å²) in [7, 11) is 0. The van der Waals surface area contributed by atoms with Crippen LogP contribution in [0.2, 0.25) is 0 Å². The minimum absolute atomic E-state index is 0.0194. The molecule has 1 amide bonds. The van der Waals surface area contributed by atoms with E-state index < -0.39 is 16.6 Å². The van der Waals surface area contributed by atoms with Crippen molar-refractivity contribution in [3.8, 4) is 0 Å². The maximum Gasteiger partial charge on any atom is 0.271 e. The molecule has 0 unspecified atom stereocenters. The molecular formula is C13H9BrFN3O3. The number of halogens is 2. The zero-order chi connectivity index (χ0) is 15.6. The van der Waals surface area contributed by atoms with Crippen molar-refractivity contribution in [2.45, 2.75) is 0 Å². The van der Waals surface area contributed by atoms with Crippen molar-refractivity contribution in [3.05, 3.63) is 62.4 Å². The molecule has 3 N–H and O–H groups in total. The van der Waals surface area contributed by atoms with E-state index in [1.165, 1.54) is 24.3 Å². The first kappa shape index (κ1) is 14.9. The van der Waals surface area contributed by atoms with Crippen LogP contribution in [-0.2, 0) is 0 Å². The second kappa shape index (κ2) is 5.88. The van der Waals surface area contributed by atoms with E-state index in [1.807, 2.05) is 0 Å². The summed E-state index contributed by atoms with van der Waals surface area (Å²) in [5.41, 5.74) is 5.68. The molecule has 0 aliphatic rings. The number of hydrogen-bond donors (Lipinski definition) is 2. The fourth-order valence-electron chi connectivity index (χ4n) is 1.65. The summed E-state index contributed by atoms with van der Waals surface area (Å²) in [4.78, 5) is 22.2. The number of carbonyl (C=O) groups is 1. The lowest BCUT2D eigenvalue weighted by Crippen LogP contribution is -2.14. The van der Waals surface area contributed by atoms with Gasteiger partial charge >= 0.3 is 0 Å². The monoisotopic (exact) mass is 353 g/mol. The van der Waals surface area contributed by atoms with Gasteiger partial charge in [0.2, 0.25) is 0 Å². The number of benzene rings is 2. The van der Waals surface area contributed by atoms with Gasteiger partial charge in [0.05, 0.1) is 16.2 Å². The van der Waals surface area contributed by atoms with Crippen LogP contribution in [0.25, 0.3) is 0 Å². The number of nitro groups is 1. The van der Waals surface area contributed by atoms with Crippen LogP contribution in [0.3, 0.4) is 0 Å². The zero-order valence-corrected chi connectivity index (χ0v) is 12.1. The standard InChI is InChI=1S/C13H9BrFN3O3/c14-10-4-2-8(18(20)21)6-12(10)17-13(19)9-3-1-7(15)5-11(9)16/h1-6H,16H2,(H,17,19). The lowest BCUT2D eigenvalue weighted by Gasteiger charge is -2.09. The average Bonchev–Trinajstić information content (AvgIpc) is 2.40. The molecule has 6 nitrogen and oxygen atoms in total. The van der Waals surface area contributed by atoms with Gasteiger partial charge in [0, 0.05) is 22.3 Å². The third-order valence-corrected chi connectivity index (χ3v) is 3.36. The molecule has 0 radical (unpaired) electrons. The molecule has 0 heterocycles. The minimum atomic E-state index is -0.589. The van der Waals surface area contributed by atoms with Crippen molar-refractivity contribution < 1.29 is 14.1 Å². The lowest BCUT2D eigenvalue weighted by atomic mass is 10.1. The summed E-state index contributed by atoms with van der Waals surface area (Å²) >= 11 is 3.18. The maximum absolute atomic E-state index is 12.9.